The van der Waals surface area contributed by atoms with E-state index in [2.05, 4.69) is 4.99 Å². The Bertz CT molecular complexity index is 512. The van der Waals surface area contributed by atoms with E-state index in [0.29, 0.717) is 6.54 Å². The average molecular weight is 220 g/mol. The van der Waals surface area contributed by atoms with E-state index in [1.807, 2.05) is 36.6 Å². The summed E-state index contributed by atoms with van der Waals surface area (Å²) in [6.45, 7) is 0.431. The second kappa shape index (κ2) is 3.70. The quantitative estimate of drug-likeness (QED) is 0.743. The molecule has 4 heteroatoms. The predicted octanol–water partition coefficient (Wildman–Crippen LogP) is -0.313. The van der Waals surface area contributed by atoms with Gasteiger partial charge in [0.15, 0.2) is 0 Å². The molecule has 0 aliphatic carbocycles. The molecule has 2 N–H and O–H groups in total. The molecule has 15 heavy (non-hydrogen) atoms. The number of hydrogen-bond donors (Lipinski definition) is 1. The molecule has 1 amide bonds. The van der Waals surface area contributed by atoms with Crippen molar-refractivity contribution >= 4 is 23.7 Å². The van der Waals surface area contributed by atoms with Gasteiger partial charge in [-0.1, -0.05) is 18.2 Å². The first kappa shape index (κ1) is 10.2. The normalized spacial score (nSPS) is 23.5. The van der Waals surface area contributed by atoms with E-state index >= 15 is 0 Å². The van der Waals surface area contributed by atoms with E-state index in [-0.39, 0.29) is 5.91 Å². The summed E-state index contributed by atoms with van der Waals surface area (Å²) < 4.78 is -0.672. The Hall–Kier alpha value is -1.29. The second-order valence-corrected chi connectivity index (χ2v) is 4.61. The molecule has 1 aliphatic rings. The number of fused-ring (bicyclic) bond motifs is 1. The van der Waals surface area contributed by atoms with Crippen LogP contribution in [-0.4, -0.2) is 23.5 Å². The number of rotatable bonds is 2. The lowest BCUT2D eigenvalue weighted by Crippen LogP contribution is -2.47. The Morgan fingerprint density at radius 3 is 2.93 bits per heavy atom. The summed E-state index contributed by atoms with van der Waals surface area (Å²) in [7, 11) is 0. The molecule has 2 rings (SSSR count). The van der Waals surface area contributed by atoms with Crippen LogP contribution in [0.25, 0.3) is 6.08 Å². The van der Waals surface area contributed by atoms with Crippen LogP contribution in [0.3, 0.4) is 0 Å². The highest BCUT2D eigenvalue weighted by Gasteiger charge is 2.34. The second-order valence-electron chi connectivity index (χ2n) is 3.48. The zero-order valence-corrected chi connectivity index (χ0v) is 9.25. The molecule has 1 aromatic rings. The highest BCUT2D eigenvalue weighted by molar-refractivity contribution is 8.01. The first-order valence-corrected chi connectivity index (χ1v) is 5.88. The van der Waals surface area contributed by atoms with Gasteiger partial charge >= 0.3 is 0 Å². The standard InChI is InChI=1S/C11H12N2OS/c1-15-11(10(12)14)6-8-4-2-3-5-9(8)13-7-11/h2-6H,7H2,1H3,(H2,12,14). The first-order chi connectivity index (χ1) is 7.18. The number of para-hydroxylation sites is 1. The van der Waals surface area contributed by atoms with Crippen LogP contribution >= 0.6 is 11.8 Å². The van der Waals surface area contributed by atoms with Crippen LogP contribution in [0.5, 0.6) is 0 Å². The lowest BCUT2D eigenvalue weighted by atomic mass is 10.0. The van der Waals surface area contributed by atoms with E-state index in [1.165, 1.54) is 11.8 Å². The summed E-state index contributed by atoms with van der Waals surface area (Å²) in [5.74, 6) is -0.326. The summed E-state index contributed by atoms with van der Waals surface area (Å²) >= 11 is 1.44. The first-order valence-electron chi connectivity index (χ1n) is 4.65. The molecule has 0 bridgehead atoms. The fourth-order valence-electron chi connectivity index (χ4n) is 1.63. The largest absolute Gasteiger partial charge is 0.368 e. The van der Waals surface area contributed by atoms with Crippen molar-refractivity contribution in [3.63, 3.8) is 0 Å². The van der Waals surface area contributed by atoms with Crippen molar-refractivity contribution in [2.45, 2.75) is 4.75 Å². The number of nitrogens with two attached hydrogens (primary N) is 1. The van der Waals surface area contributed by atoms with Gasteiger partial charge in [0.1, 0.15) is 4.75 Å². The van der Waals surface area contributed by atoms with Crippen molar-refractivity contribution in [1.29, 1.82) is 0 Å². The minimum atomic E-state index is -0.672. The molecule has 0 saturated carbocycles. The smallest absolute Gasteiger partial charge is 0.239 e. The van der Waals surface area contributed by atoms with Gasteiger partial charge in [0, 0.05) is 0 Å². The van der Waals surface area contributed by atoms with Crippen molar-refractivity contribution in [3.8, 4) is 0 Å². The minimum Gasteiger partial charge on any atom is -0.368 e. The van der Waals surface area contributed by atoms with Crippen LogP contribution in [0, 0.1) is 0 Å². The van der Waals surface area contributed by atoms with Crippen LogP contribution in [0.15, 0.2) is 29.3 Å². The fraction of sp³-hybridized carbons (Fsp3) is 0.273. The Labute approximate surface area is 92.1 Å². The van der Waals surface area contributed by atoms with Crippen molar-refractivity contribution in [2.75, 3.05) is 12.8 Å². The lowest BCUT2D eigenvalue weighted by molar-refractivity contribution is -0.118. The zero-order chi connectivity index (χ0) is 10.9. The van der Waals surface area contributed by atoms with Crippen LogP contribution in [0.2, 0.25) is 0 Å². The summed E-state index contributed by atoms with van der Waals surface area (Å²) in [6, 6.07) is 7.76. The minimum absolute atomic E-state index is 0.326. The molecule has 1 unspecified atom stereocenters. The van der Waals surface area contributed by atoms with E-state index in [4.69, 9.17) is 5.73 Å². The van der Waals surface area contributed by atoms with Gasteiger partial charge in [0.2, 0.25) is 5.91 Å². The third kappa shape index (κ3) is 1.65. The Kier molecular flexibility index (Phi) is 2.52. The van der Waals surface area contributed by atoms with Gasteiger partial charge in [0.25, 0.3) is 0 Å². The van der Waals surface area contributed by atoms with Crippen molar-refractivity contribution in [2.24, 2.45) is 10.7 Å². The van der Waals surface area contributed by atoms with Gasteiger partial charge in [-0.3, -0.25) is 9.79 Å². The molecule has 0 aromatic heterocycles. The van der Waals surface area contributed by atoms with Crippen LogP contribution in [0.1, 0.15) is 0 Å². The topological polar surface area (TPSA) is 55.5 Å². The lowest BCUT2D eigenvalue weighted by Gasteiger charge is -2.24. The van der Waals surface area contributed by atoms with Crippen LogP contribution < -0.4 is 16.3 Å². The number of carbonyl (C=O) groups excluding carboxylic acids is 1. The number of amides is 1. The molecule has 1 heterocycles. The van der Waals surface area contributed by atoms with E-state index in [9.17, 15) is 4.79 Å². The van der Waals surface area contributed by atoms with Gasteiger partial charge in [-0.05, 0) is 23.6 Å². The highest BCUT2D eigenvalue weighted by atomic mass is 32.2. The summed E-state index contributed by atoms with van der Waals surface area (Å²) in [5, 5.41) is 1.92. The maximum absolute atomic E-state index is 11.4. The van der Waals surface area contributed by atoms with Gasteiger partial charge in [-0.25, -0.2) is 0 Å². The highest BCUT2D eigenvalue weighted by Crippen LogP contribution is 2.25. The molecule has 0 spiro atoms. The molecule has 0 fully saturated rings. The van der Waals surface area contributed by atoms with Gasteiger partial charge < -0.3 is 5.73 Å². The van der Waals surface area contributed by atoms with E-state index in [0.717, 1.165) is 10.6 Å². The van der Waals surface area contributed by atoms with Gasteiger partial charge in [0.05, 0.1) is 11.9 Å². The molecular weight excluding hydrogens is 208 g/mol. The molecule has 0 saturated heterocycles. The molecule has 0 radical (unpaired) electrons. The average Bonchev–Trinajstić information content (AvgIpc) is 2.28. The summed E-state index contributed by atoms with van der Waals surface area (Å²) in [4.78, 5) is 15.8. The third-order valence-corrected chi connectivity index (χ3v) is 3.77. The van der Waals surface area contributed by atoms with Gasteiger partial charge in [-0.2, -0.15) is 0 Å². The maximum Gasteiger partial charge on any atom is 0.239 e. The SMILES string of the molecule is CSC1(C(N)=O)C=c2ccccc2=NC1. The molecule has 1 aliphatic heterocycles. The molecular formula is C11H12N2OS. The fourth-order valence-corrected chi connectivity index (χ4v) is 2.27. The van der Waals surface area contributed by atoms with Crippen molar-refractivity contribution in [1.82, 2.24) is 0 Å². The number of thioether (sulfide) groups is 1. The number of primary amides is 1. The Morgan fingerprint density at radius 1 is 1.53 bits per heavy atom. The van der Waals surface area contributed by atoms with Gasteiger partial charge in [-0.15, -0.1) is 11.8 Å². The number of benzene rings is 1. The van der Waals surface area contributed by atoms with E-state index < -0.39 is 4.75 Å². The maximum atomic E-state index is 11.4. The molecule has 3 nitrogen and oxygen atoms in total. The summed E-state index contributed by atoms with van der Waals surface area (Å²) in [6.07, 6.45) is 3.80. The summed E-state index contributed by atoms with van der Waals surface area (Å²) in [5.41, 5.74) is 5.42. The molecule has 78 valence electrons. The van der Waals surface area contributed by atoms with E-state index in [1.54, 1.807) is 0 Å². The zero-order valence-electron chi connectivity index (χ0n) is 8.43. The Morgan fingerprint density at radius 2 is 2.27 bits per heavy atom. The van der Waals surface area contributed by atoms with Crippen LogP contribution in [0.4, 0.5) is 0 Å². The third-order valence-electron chi connectivity index (χ3n) is 2.59. The molecule has 1 aromatic carbocycles. The van der Waals surface area contributed by atoms with Crippen molar-refractivity contribution < 1.29 is 4.79 Å². The monoisotopic (exact) mass is 220 g/mol. The number of hydrogen-bond acceptors (Lipinski definition) is 3. The number of nitrogens with zero attached hydrogens (tertiary/aromatic N) is 1. The molecule has 1 atom stereocenters. The predicted molar refractivity (Wildman–Crippen MR) is 62.0 cm³/mol. The number of carbonyl (C=O) groups is 1. The van der Waals surface area contributed by atoms with Crippen LogP contribution in [-0.2, 0) is 4.79 Å². The van der Waals surface area contributed by atoms with Crippen molar-refractivity contribution in [3.05, 3.63) is 34.8 Å². The Balaban J connectivity index is 2.63.